The van der Waals surface area contributed by atoms with Crippen LogP contribution in [0, 0.1) is 0 Å². The van der Waals surface area contributed by atoms with Gasteiger partial charge in [-0.3, -0.25) is 14.4 Å². The minimum Gasteiger partial charge on any atom is -0.462 e. The van der Waals surface area contributed by atoms with Gasteiger partial charge in [0.05, 0.1) is 0 Å². The quantitative estimate of drug-likeness (QED) is 0.0261. The maximum absolute atomic E-state index is 12.9. The van der Waals surface area contributed by atoms with Gasteiger partial charge in [-0.15, -0.1) is 0 Å². The summed E-state index contributed by atoms with van der Waals surface area (Å²) in [5.41, 5.74) is 0. The van der Waals surface area contributed by atoms with Crippen LogP contribution in [0.3, 0.4) is 0 Å². The summed E-state index contributed by atoms with van der Waals surface area (Å²) in [5.74, 6) is -0.856. The van der Waals surface area contributed by atoms with E-state index in [0.29, 0.717) is 19.3 Å². The van der Waals surface area contributed by atoms with Gasteiger partial charge in [0.25, 0.3) is 0 Å². The second kappa shape index (κ2) is 59.2. The highest BCUT2D eigenvalue weighted by atomic mass is 16.6. The number of esters is 3. The Bertz CT molecular complexity index is 1170. The van der Waals surface area contributed by atoms with E-state index in [2.05, 4.69) is 57.2 Å². The van der Waals surface area contributed by atoms with Crippen molar-refractivity contribution in [2.75, 3.05) is 13.2 Å². The van der Waals surface area contributed by atoms with Gasteiger partial charge >= 0.3 is 17.9 Å². The number of ether oxygens (including phenoxy) is 3. The highest BCUT2D eigenvalue weighted by molar-refractivity contribution is 5.71. The Morgan fingerprint density at radius 2 is 0.557 bits per heavy atom. The van der Waals surface area contributed by atoms with Gasteiger partial charge in [0, 0.05) is 19.3 Å². The first-order valence-corrected chi connectivity index (χ1v) is 31.0. The predicted molar refractivity (Wildman–Crippen MR) is 302 cm³/mol. The zero-order valence-corrected chi connectivity index (χ0v) is 47.1. The molecule has 0 saturated heterocycles. The lowest BCUT2D eigenvalue weighted by Gasteiger charge is -2.18. The summed E-state index contributed by atoms with van der Waals surface area (Å²) in [6.07, 6.45) is 71.4. The van der Waals surface area contributed by atoms with Crippen LogP contribution < -0.4 is 0 Å². The van der Waals surface area contributed by atoms with Gasteiger partial charge in [0.15, 0.2) is 6.10 Å². The topological polar surface area (TPSA) is 78.9 Å². The third-order valence-corrected chi connectivity index (χ3v) is 13.9. The molecule has 0 radical (unpaired) electrons. The highest BCUT2D eigenvalue weighted by Crippen LogP contribution is 2.18. The molecular weight excluding hydrogens is 865 g/mol. The number of rotatable bonds is 57. The van der Waals surface area contributed by atoms with Crippen LogP contribution in [0.25, 0.3) is 0 Å². The first-order chi connectivity index (χ1) is 34.5. The van der Waals surface area contributed by atoms with Crippen LogP contribution in [0.2, 0.25) is 0 Å². The Morgan fingerprint density at radius 3 is 0.871 bits per heavy atom. The zero-order chi connectivity index (χ0) is 50.7. The van der Waals surface area contributed by atoms with E-state index in [4.69, 9.17) is 14.2 Å². The van der Waals surface area contributed by atoms with E-state index in [1.165, 1.54) is 212 Å². The van der Waals surface area contributed by atoms with Crippen LogP contribution in [0.1, 0.15) is 335 Å². The average Bonchev–Trinajstić information content (AvgIpc) is 3.36. The van der Waals surface area contributed by atoms with Gasteiger partial charge in [-0.05, 0) is 51.4 Å². The highest BCUT2D eigenvalue weighted by Gasteiger charge is 2.19. The molecule has 0 bridgehead atoms. The maximum Gasteiger partial charge on any atom is 0.306 e. The summed E-state index contributed by atoms with van der Waals surface area (Å²) in [4.78, 5) is 38.3. The first-order valence-electron chi connectivity index (χ1n) is 31.0. The summed E-state index contributed by atoms with van der Waals surface area (Å²) in [6.45, 7) is 6.58. The van der Waals surface area contributed by atoms with E-state index in [0.717, 1.165) is 83.5 Å². The molecule has 6 heteroatoms. The normalized spacial score (nSPS) is 12.2. The van der Waals surface area contributed by atoms with E-state index in [9.17, 15) is 14.4 Å². The monoisotopic (exact) mass is 983 g/mol. The van der Waals surface area contributed by atoms with E-state index in [1.54, 1.807) is 0 Å². The van der Waals surface area contributed by atoms with E-state index >= 15 is 0 Å². The molecule has 0 aromatic carbocycles. The van der Waals surface area contributed by atoms with Crippen molar-refractivity contribution in [3.63, 3.8) is 0 Å². The third kappa shape index (κ3) is 56.5. The van der Waals surface area contributed by atoms with Crippen molar-refractivity contribution in [2.24, 2.45) is 0 Å². The minimum atomic E-state index is -0.774. The second-order valence-electron chi connectivity index (χ2n) is 21.0. The van der Waals surface area contributed by atoms with Gasteiger partial charge in [0.1, 0.15) is 13.2 Å². The van der Waals surface area contributed by atoms with Crippen LogP contribution in [0.15, 0.2) is 36.5 Å². The summed E-state index contributed by atoms with van der Waals surface area (Å²) in [7, 11) is 0. The lowest BCUT2D eigenvalue weighted by molar-refractivity contribution is -0.167. The standard InChI is InChI=1S/C64H118O6/c1-4-7-10-13-16-19-22-25-28-30-31-32-34-36-39-42-45-48-51-54-57-63(66)69-60-61(59-68-62(65)56-53-50-47-44-41-38-35-27-24-21-18-15-12-9-6-3)70-64(67)58-55-52-49-46-43-40-37-33-29-26-23-20-17-14-11-8-5-2/h8,11,17,20,26,29,61H,4-7,9-10,12-16,18-19,21-25,27-28,30-60H2,1-3H3/b11-8-,20-17-,29-26-. The number of carbonyl (C=O) groups is 3. The molecule has 0 amide bonds. The molecule has 0 heterocycles. The molecule has 70 heavy (non-hydrogen) atoms. The second-order valence-corrected chi connectivity index (χ2v) is 21.0. The number of hydrogen-bond donors (Lipinski definition) is 0. The molecule has 0 aromatic heterocycles. The van der Waals surface area contributed by atoms with Crippen molar-refractivity contribution in [1.29, 1.82) is 0 Å². The van der Waals surface area contributed by atoms with Crippen LogP contribution >= 0.6 is 0 Å². The molecule has 0 fully saturated rings. The molecule has 0 aliphatic carbocycles. The van der Waals surface area contributed by atoms with Crippen LogP contribution in [-0.4, -0.2) is 37.2 Å². The molecular formula is C64H118O6. The van der Waals surface area contributed by atoms with Crippen LogP contribution in [-0.2, 0) is 28.6 Å². The molecule has 1 unspecified atom stereocenters. The van der Waals surface area contributed by atoms with Crippen molar-refractivity contribution >= 4 is 17.9 Å². The van der Waals surface area contributed by atoms with Crippen molar-refractivity contribution in [1.82, 2.24) is 0 Å². The molecule has 0 N–H and O–H groups in total. The Balaban J connectivity index is 4.31. The van der Waals surface area contributed by atoms with Gasteiger partial charge in [-0.25, -0.2) is 0 Å². The van der Waals surface area contributed by atoms with Gasteiger partial charge in [0.2, 0.25) is 0 Å². The smallest absolute Gasteiger partial charge is 0.306 e. The van der Waals surface area contributed by atoms with Crippen molar-refractivity contribution in [3.8, 4) is 0 Å². The number of hydrogen-bond acceptors (Lipinski definition) is 6. The van der Waals surface area contributed by atoms with Crippen molar-refractivity contribution < 1.29 is 28.6 Å². The Hall–Kier alpha value is -2.37. The van der Waals surface area contributed by atoms with E-state index in [1.807, 2.05) is 0 Å². The Kier molecular flexibility index (Phi) is 57.2. The van der Waals surface area contributed by atoms with Gasteiger partial charge < -0.3 is 14.2 Å². The number of allylic oxidation sites excluding steroid dienone is 6. The van der Waals surface area contributed by atoms with E-state index < -0.39 is 6.10 Å². The summed E-state index contributed by atoms with van der Waals surface area (Å²) in [5, 5.41) is 0. The zero-order valence-electron chi connectivity index (χ0n) is 47.1. The number of carbonyl (C=O) groups excluding carboxylic acids is 3. The lowest BCUT2D eigenvalue weighted by atomic mass is 10.0. The molecule has 410 valence electrons. The van der Waals surface area contributed by atoms with Crippen molar-refractivity contribution in [2.45, 2.75) is 341 Å². The molecule has 1 atom stereocenters. The molecule has 0 aliphatic rings. The fraction of sp³-hybridized carbons (Fsp3) is 0.859. The van der Waals surface area contributed by atoms with Crippen LogP contribution in [0.4, 0.5) is 0 Å². The number of unbranched alkanes of at least 4 members (excludes halogenated alkanes) is 40. The van der Waals surface area contributed by atoms with Gasteiger partial charge in [-0.2, -0.15) is 0 Å². The largest absolute Gasteiger partial charge is 0.462 e. The average molecular weight is 984 g/mol. The minimum absolute atomic E-state index is 0.0709. The molecule has 0 saturated carbocycles. The Morgan fingerprint density at radius 1 is 0.300 bits per heavy atom. The predicted octanol–water partition coefficient (Wildman–Crippen LogP) is 20.8. The molecule has 0 rings (SSSR count). The fourth-order valence-electron chi connectivity index (χ4n) is 9.28. The Labute approximate surface area is 435 Å². The van der Waals surface area contributed by atoms with Crippen LogP contribution in [0.5, 0.6) is 0 Å². The van der Waals surface area contributed by atoms with E-state index in [-0.39, 0.29) is 31.1 Å². The lowest BCUT2D eigenvalue weighted by Crippen LogP contribution is -2.30. The first kappa shape index (κ1) is 67.6. The molecule has 6 nitrogen and oxygen atoms in total. The summed E-state index contributed by atoms with van der Waals surface area (Å²) in [6, 6.07) is 0. The maximum atomic E-state index is 12.9. The molecule has 0 aliphatic heterocycles. The SMILES string of the molecule is CC/C=C\C/C=C\C/C=C\CCCCCCCCCC(=O)OC(COC(=O)CCCCCCCCCCCCCCCCC)COC(=O)CCCCCCCCCCCCCCCCCCCCCC. The molecule has 0 aromatic rings. The molecule has 0 spiro atoms. The summed E-state index contributed by atoms with van der Waals surface area (Å²) < 4.78 is 16.9. The fourth-order valence-corrected chi connectivity index (χ4v) is 9.28. The van der Waals surface area contributed by atoms with Crippen molar-refractivity contribution in [3.05, 3.63) is 36.5 Å². The van der Waals surface area contributed by atoms with Gasteiger partial charge in [-0.1, -0.05) is 301 Å². The third-order valence-electron chi connectivity index (χ3n) is 13.9. The summed E-state index contributed by atoms with van der Waals surface area (Å²) >= 11 is 0.